The van der Waals surface area contributed by atoms with Gasteiger partial charge in [-0.05, 0) is 37.3 Å². The molecule has 2 atom stereocenters. The molecule has 3 N–H and O–H groups in total. The molecule has 4 aromatic rings. The van der Waals surface area contributed by atoms with E-state index in [4.69, 9.17) is 10.5 Å². The molecule has 2 heterocycles. The second-order valence-electron chi connectivity index (χ2n) is 8.71. The Bertz CT molecular complexity index is 1410. The number of amides is 1. The summed E-state index contributed by atoms with van der Waals surface area (Å²) in [5.41, 5.74) is 9.24. The lowest BCUT2D eigenvalue weighted by molar-refractivity contribution is -0.274. The summed E-state index contributed by atoms with van der Waals surface area (Å²) in [4.78, 5) is 21.4. The van der Waals surface area contributed by atoms with Gasteiger partial charge in [-0.2, -0.15) is 0 Å². The maximum atomic E-state index is 12.5. The van der Waals surface area contributed by atoms with Crippen molar-refractivity contribution >= 4 is 49.6 Å². The number of aryl methyl sites for hydroxylation is 1. The average Bonchev–Trinajstić information content (AvgIpc) is 3.37. The van der Waals surface area contributed by atoms with Crippen molar-refractivity contribution in [2.75, 3.05) is 32.8 Å². The van der Waals surface area contributed by atoms with Gasteiger partial charge in [0.05, 0.1) is 27.9 Å². The average molecular weight is 568 g/mol. The van der Waals surface area contributed by atoms with Gasteiger partial charge in [0.2, 0.25) is 5.95 Å². The zero-order valence-electron chi connectivity index (χ0n) is 22.0. The molecule has 0 radical (unpaired) electrons. The molecule has 0 saturated heterocycles. The molecule has 0 bridgehead atoms. The predicted octanol–water partition coefficient (Wildman–Crippen LogP) is 5.66. The van der Waals surface area contributed by atoms with Gasteiger partial charge in [0.25, 0.3) is 5.91 Å². The molecule has 14 heteroatoms. The number of hydrogen-bond acceptors (Lipinski definition) is 8. The quantitative estimate of drug-likeness (QED) is 0.267. The number of alkyl halides is 3. The molecule has 0 fully saturated rings. The summed E-state index contributed by atoms with van der Waals surface area (Å²) < 4.78 is 53.3. The number of rotatable bonds is 9. The number of hydrogen-bond donors (Lipinski definition) is 2. The Hall–Kier alpha value is -3.46. The lowest BCUT2D eigenvalue weighted by Crippen LogP contribution is -2.35. The van der Waals surface area contributed by atoms with E-state index >= 15 is 0 Å². The van der Waals surface area contributed by atoms with Crippen LogP contribution in [0.25, 0.3) is 27.0 Å². The lowest BCUT2D eigenvalue weighted by Gasteiger charge is -2.12. The van der Waals surface area contributed by atoms with Crippen LogP contribution in [0.3, 0.4) is 0 Å². The zero-order valence-corrected chi connectivity index (χ0v) is 22.9. The van der Waals surface area contributed by atoms with Gasteiger partial charge in [-0.15, -0.1) is 19.2 Å². The molecular formula is C25H30F3N6O4S-. The van der Waals surface area contributed by atoms with E-state index in [0.717, 1.165) is 5.52 Å². The van der Waals surface area contributed by atoms with E-state index in [2.05, 4.69) is 30.1 Å². The minimum absolute atomic E-state index is 0.0741. The van der Waals surface area contributed by atoms with Crippen LogP contribution in [0.15, 0.2) is 36.4 Å². The van der Waals surface area contributed by atoms with Gasteiger partial charge >= 0.3 is 6.36 Å². The number of aromatic nitrogens is 3. The second kappa shape index (κ2) is 13.1. The summed E-state index contributed by atoms with van der Waals surface area (Å²) >= 11 is 1.17. The van der Waals surface area contributed by atoms with Gasteiger partial charge in [0, 0.05) is 45.5 Å². The highest BCUT2D eigenvalue weighted by Gasteiger charge is 2.31. The molecule has 0 spiro atoms. The SMILES string of the molecule is COCC(C)NC(=O)c1ccc2c(c1)nc(Nc1nc3ccc(OC(F)(F)F)cc3s1)n2C.COCC(C)[NH-]. The maximum absolute atomic E-state index is 12.5. The van der Waals surface area contributed by atoms with Gasteiger partial charge < -0.3 is 35.1 Å². The van der Waals surface area contributed by atoms with Gasteiger partial charge in [-0.1, -0.05) is 18.3 Å². The Morgan fingerprint density at radius 3 is 2.41 bits per heavy atom. The first-order valence-corrected chi connectivity index (χ1v) is 12.6. The number of methoxy groups -OCH3 is 2. The van der Waals surface area contributed by atoms with Crippen molar-refractivity contribution in [3.63, 3.8) is 0 Å². The number of imidazole rings is 1. The summed E-state index contributed by atoms with van der Waals surface area (Å²) in [6, 6.07) is 8.95. The molecule has 2 aromatic heterocycles. The number of nitrogens with one attached hydrogen (secondary N) is 3. The Morgan fingerprint density at radius 1 is 1.08 bits per heavy atom. The van der Waals surface area contributed by atoms with E-state index in [9.17, 15) is 18.0 Å². The molecule has 2 unspecified atom stereocenters. The van der Waals surface area contributed by atoms with Crippen LogP contribution in [0, 0.1) is 0 Å². The largest absolute Gasteiger partial charge is 0.673 e. The monoisotopic (exact) mass is 567 g/mol. The summed E-state index contributed by atoms with van der Waals surface area (Å²) in [6.07, 6.45) is -4.76. The number of halogens is 3. The molecule has 10 nitrogen and oxygen atoms in total. The van der Waals surface area contributed by atoms with Crippen LogP contribution < -0.4 is 15.4 Å². The number of carbonyl (C=O) groups excluding carboxylic acids is 1. The van der Waals surface area contributed by atoms with Crippen LogP contribution in [-0.2, 0) is 16.5 Å². The topological polar surface area (TPSA) is 123 Å². The van der Waals surface area contributed by atoms with Crippen LogP contribution >= 0.6 is 11.3 Å². The van der Waals surface area contributed by atoms with Gasteiger partial charge in [-0.3, -0.25) is 4.79 Å². The molecule has 0 aliphatic carbocycles. The molecule has 0 aliphatic rings. The third-order valence-electron chi connectivity index (χ3n) is 5.17. The molecule has 1 amide bonds. The van der Waals surface area contributed by atoms with Crippen molar-refractivity contribution in [1.29, 1.82) is 0 Å². The van der Waals surface area contributed by atoms with E-state index in [-0.39, 0.29) is 23.7 Å². The highest BCUT2D eigenvalue weighted by atomic mass is 32.1. The third-order valence-corrected chi connectivity index (χ3v) is 6.10. The van der Waals surface area contributed by atoms with Crippen molar-refractivity contribution in [2.24, 2.45) is 7.05 Å². The predicted molar refractivity (Wildman–Crippen MR) is 145 cm³/mol. The number of carbonyl (C=O) groups is 1. The smallest absolute Gasteiger partial charge is 0.573 e. The van der Waals surface area contributed by atoms with Crippen molar-refractivity contribution < 1.29 is 32.2 Å². The van der Waals surface area contributed by atoms with E-state index in [1.54, 1.807) is 51.0 Å². The van der Waals surface area contributed by atoms with Crippen molar-refractivity contribution in [3.8, 4) is 5.75 Å². The second-order valence-corrected chi connectivity index (χ2v) is 9.74. The molecule has 0 saturated carbocycles. The minimum atomic E-state index is -4.76. The maximum Gasteiger partial charge on any atom is 0.573 e. The number of ether oxygens (including phenoxy) is 3. The molecule has 212 valence electrons. The van der Waals surface area contributed by atoms with Crippen molar-refractivity contribution in [3.05, 3.63) is 47.7 Å². The van der Waals surface area contributed by atoms with Crippen LogP contribution in [0.4, 0.5) is 24.3 Å². The highest BCUT2D eigenvalue weighted by Crippen LogP contribution is 2.33. The van der Waals surface area contributed by atoms with Crippen LogP contribution in [-0.4, -0.2) is 66.3 Å². The number of benzene rings is 2. The van der Waals surface area contributed by atoms with E-state index in [0.29, 0.717) is 45.6 Å². The van der Waals surface area contributed by atoms with Crippen LogP contribution in [0.1, 0.15) is 24.2 Å². The van der Waals surface area contributed by atoms with E-state index in [1.165, 1.54) is 29.5 Å². The van der Waals surface area contributed by atoms with Gasteiger partial charge in [0.15, 0.2) is 5.13 Å². The molecule has 39 heavy (non-hydrogen) atoms. The summed E-state index contributed by atoms with van der Waals surface area (Å²) in [7, 11) is 4.98. The first kappa shape index (κ1) is 30.1. The molecule has 0 aliphatic heterocycles. The Balaban J connectivity index is 0.000000631. The van der Waals surface area contributed by atoms with Crippen LogP contribution in [0.5, 0.6) is 5.75 Å². The number of thiazole rings is 1. The first-order chi connectivity index (χ1) is 18.4. The lowest BCUT2D eigenvalue weighted by atomic mass is 10.1. The third kappa shape index (κ3) is 8.51. The Kier molecular flexibility index (Phi) is 10.1. The number of nitrogens with zero attached hydrogens (tertiary/aromatic N) is 3. The Labute approximate surface area is 227 Å². The fraction of sp³-hybridized carbons (Fsp3) is 0.400. The van der Waals surface area contributed by atoms with Gasteiger partial charge in [-0.25, -0.2) is 9.97 Å². The number of fused-ring (bicyclic) bond motifs is 2. The fourth-order valence-corrected chi connectivity index (χ4v) is 4.44. The minimum Gasteiger partial charge on any atom is -0.673 e. The van der Waals surface area contributed by atoms with Gasteiger partial charge in [0.1, 0.15) is 5.75 Å². The Morgan fingerprint density at radius 2 is 1.79 bits per heavy atom. The first-order valence-electron chi connectivity index (χ1n) is 11.8. The number of anilines is 2. The molecule has 4 rings (SSSR count). The summed E-state index contributed by atoms with van der Waals surface area (Å²) in [5.74, 6) is -0.0654. The summed E-state index contributed by atoms with van der Waals surface area (Å²) in [6.45, 7) is 4.58. The molecule has 2 aromatic carbocycles. The van der Waals surface area contributed by atoms with E-state index < -0.39 is 6.36 Å². The van der Waals surface area contributed by atoms with Crippen LogP contribution in [0.2, 0.25) is 0 Å². The molecular weight excluding hydrogens is 537 g/mol. The van der Waals surface area contributed by atoms with Crippen molar-refractivity contribution in [2.45, 2.75) is 32.3 Å². The highest BCUT2D eigenvalue weighted by molar-refractivity contribution is 7.22. The van der Waals surface area contributed by atoms with Crippen molar-refractivity contribution in [1.82, 2.24) is 19.9 Å². The van der Waals surface area contributed by atoms with E-state index in [1.807, 2.05) is 6.92 Å². The summed E-state index contributed by atoms with van der Waals surface area (Å²) in [5, 5.41) is 6.41. The zero-order chi connectivity index (χ0) is 28.7. The standard InChI is InChI=1S/C21H20F3N5O3S.C4H10NO/c1-11(10-31-3)25-18(30)12-4-7-16-15(8-12)26-19(29(16)2)28-20-27-14-6-5-13(9-17(14)33-20)32-21(22,23)24;1-4(5)3-6-2/h4-9,11H,10H2,1-3H3,(H,25,30)(H,26,27,28);4-5H,3H2,1-2H3/q;-1. The fourth-order valence-electron chi connectivity index (χ4n) is 3.55. The normalized spacial score (nSPS) is 13.1.